The van der Waals surface area contributed by atoms with Crippen LogP contribution in [0, 0.1) is 0 Å². The highest BCUT2D eigenvalue weighted by molar-refractivity contribution is 6.17. The van der Waals surface area contributed by atoms with Gasteiger partial charge in [-0.05, 0) is 23.6 Å². The minimum atomic E-state index is 0. The Labute approximate surface area is 84.3 Å². The summed E-state index contributed by atoms with van der Waals surface area (Å²) < 4.78 is 0. The molecule has 3 heteroatoms. The maximum absolute atomic E-state index is 5.68. The Kier molecular flexibility index (Phi) is 5.11. The van der Waals surface area contributed by atoms with Gasteiger partial charge in [0.1, 0.15) is 0 Å². The largest absolute Gasteiger partial charge is 0.398 e. The Bertz CT molecular complexity index is 248. The van der Waals surface area contributed by atoms with Crippen molar-refractivity contribution in [1.82, 2.24) is 0 Å². The van der Waals surface area contributed by atoms with Crippen LogP contribution in [-0.4, -0.2) is 0 Å². The highest BCUT2D eigenvalue weighted by Crippen LogP contribution is 2.16. The fourth-order valence-corrected chi connectivity index (χ4v) is 1.23. The van der Waals surface area contributed by atoms with Crippen LogP contribution < -0.4 is 5.73 Å². The SMILES string of the molecule is CCc1ccc(N)c(CCl)c1.Cl. The van der Waals surface area contributed by atoms with Crippen molar-refractivity contribution in [3.05, 3.63) is 29.3 Å². The number of alkyl halides is 1. The summed E-state index contributed by atoms with van der Waals surface area (Å²) in [5, 5.41) is 0. The fraction of sp³-hybridized carbons (Fsp3) is 0.333. The van der Waals surface area contributed by atoms with E-state index in [0.717, 1.165) is 17.7 Å². The van der Waals surface area contributed by atoms with Gasteiger partial charge in [0.15, 0.2) is 0 Å². The molecule has 0 fully saturated rings. The summed E-state index contributed by atoms with van der Waals surface area (Å²) in [7, 11) is 0. The molecule has 0 atom stereocenters. The van der Waals surface area contributed by atoms with Gasteiger partial charge < -0.3 is 5.73 Å². The second-order valence-electron chi connectivity index (χ2n) is 2.52. The average Bonchev–Trinajstić information content (AvgIpc) is 2.05. The van der Waals surface area contributed by atoms with E-state index >= 15 is 0 Å². The van der Waals surface area contributed by atoms with Crippen LogP contribution in [-0.2, 0) is 12.3 Å². The molecule has 0 bridgehead atoms. The first-order chi connectivity index (χ1) is 5.27. The van der Waals surface area contributed by atoms with E-state index in [1.165, 1.54) is 5.56 Å². The molecule has 1 aromatic carbocycles. The van der Waals surface area contributed by atoms with Gasteiger partial charge in [0.05, 0.1) is 0 Å². The molecule has 0 aliphatic heterocycles. The summed E-state index contributed by atoms with van der Waals surface area (Å²) in [6, 6.07) is 6.00. The average molecular weight is 206 g/mol. The number of rotatable bonds is 2. The third kappa shape index (κ3) is 2.58. The second-order valence-corrected chi connectivity index (χ2v) is 2.79. The number of halogens is 2. The fourth-order valence-electron chi connectivity index (χ4n) is 0.995. The quantitative estimate of drug-likeness (QED) is 0.584. The molecule has 0 amide bonds. The van der Waals surface area contributed by atoms with Crippen molar-refractivity contribution in [2.45, 2.75) is 19.2 Å². The highest BCUT2D eigenvalue weighted by atomic mass is 35.5. The third-order valence-corrected chi connectivity index (χ3v) is 2.05. The molecule has 0 heterocycles. The van der Waals surface area contributed by atoms with Crippen LogP contribution >= 0.6 is 24.0 Å². The zero-order chi connectivity index (χ0) is 8.27. The summed E-state index contributed by atoms with van der Waals surface area (Å²) in [5.41, 5.74) is 8.78. The van der Waals surface area contributed by atoms with E-state index in [9.17, 15) is 0 Å². The Morgan fingerprint density at radius 2 is 2.08 bits per heavy atom. The molecule has 1 nitrogen and oxygen atoms in total. The van der Waals surface area contributed by atoms with Gasteiger partial charge in [0.2, 0.25) is 0 Å². The lowest BCUT2D eigenvalue weighted by Crippen LogP contribution is -1.93. The van der Waals surface area contributed by atoms with Crippen molar-refractivity contribution in [1.29, 1.82) is 0 Å². The van der Waals surface area contributed by atoms with Crippen LogP contribution in [0.15, 0.2) is 18.2 Å². The third-order valence-electron chi connectivity index (χ3n) is 1.76. The standard InChI is InChI=1S/C9H12ClN.ClH/c1-2-7-3-4-9(11)8(5-7)6-10;/h3-5H,2,6,11H2,1H3;1H. The molecule has 0 aliphatic rings. The van der Waals surface area contributed by atoms with Crippen molar-refractivity contribution < 1.29 is 0 Å². The molecular weight excluding hydrogens is 193 g/mol. The summed E-state index contributed by atoms with van der Waals surface area (Å²) in [4.78, 5) is 0. The second kappa shape index (κ2) is 5.28. The topological polar surface area (TPSA) is 26.0 Å². The molecular formula is C9H13Cl2N. The van der Waals surface area contributed by atoms with Gasteiger partial charge in [-0.3, -0.25) is 0 Å². The molecule has 0 saturated heterocycles. The molecule has 68 valence electrons. The van der Waals surface area contributed by atoms with Crippen LogP contribution in [0.4, 0.5) is 5.69 Å². The minimum Gasteiger partial charge on any atom is -0.398 e. The van der Waals surface area contributed by atoms with E-state index in [-0.39, 0.29) is 12.4 Å². The van der Waals surface area contributed by atoms with Gasteiger partial charge in [0, 0.05) is 11.6 Å². The monoisotopic (exact) mass is 205 g/mol. The predicted molar refractivity (Wildman–Crippen MR) is 57.0 cm³/mol. The van der Waals surface area contributed by atoms with E-state index in [2.05, 4.69) is 13.0 Å². The number of hydrogen-bond acceptors (Lipinski definition) is 1. The Morgan fingerprint density at radius 1 is 1.42 bits per heavy atom. The van der Waals surface area contributed by atoms with Crippen molar-refractivity contribution in [3.8, 4) is 0 Å². The maximum Gasteiger partial charge on any atom is 0.0494 e. The van der Waals surface area contributed by atoms with Gasteiger partial charge in [0.25, 0.3) is 0 Å². The van der Waals surface area contributed by atoms with E-state index in [4.69, 9.17) is 17.3 Å². The lowest BCUT2D eigenvalue weighted by molar-refractivity contribution is 1.13. The van der Waals surface area contributed by atoms with Crippen LogP contribution in [0.1, 0.15) is 18.1 Å². The molecule has 0 spiro atoms. The molecule has 0 saturated carbocycles. The van der Waals surface area contributed by atoms with Crippen LogP contribution in [0.2, 0.25) is 0 Å². The molecule has 1 aromatic rings. The summed E-state index contributed by atoms with van der Waals surface area (Å²) in [5.74, 6) is 0.500. The molecule has 0 radical (unpaired) electrons. The number of anilines is 1. The molecule has 0 aromatic heterocycles. The molecule has 12 heavy (non-hydrogen) atoms. The van der Waals surface area contributed by atoms with Gasteiger partial charge in [-0.15, -0.1) is 24.0 Å². The highest BCUT2D eigenvalue weighted by Gasteiger charge is 1.97. The number of aryl methyl sites for hydroxylation is 1. The smallest absolute Gasteiger partial charge is 0.0494 e. The first-order valence-corrected chi connectivity index (χ1v) is 4.24. The van der Waals surface area contributed by atoms with Crippen molar-refractivity contribution in [2.24, 2.45) is 0 Å². The Balaban J connectivity index is 0.00000121. The van der Waals surface area contributed by atoms with Gasteiger partial charge >= 0.3 is 0 Å². The molecule has 0 aliphatic carbocycles. The molecule has 0 unspecified atom stereocenters. The lowest BCUT2D eigenvalue weighted by Gasteiger charge is -2.03. The summed E-state index contributed by atoms with van der Waals surface area (Å²) >= 11 is 5.68. The maximum atomic E-state index is 5.68. The van der Waals surface area contributed by atoms with Crippen LogP contribution in [0.5, 0.6) is 0 Å². The normalized spacial score (nSPS) is 9.17. The van der Waals surface area contributed by atoms with Gasteiger partial charge in [-0.2, -0.15) is 0 Å². The predicted octanol–water partition coefficient (Wildman–Crippen LogP) is 2.99. The first kappa shape index (κ1) is 11.6. The van der Waals surface area contributed by atoms with E-state index in [1.807, 2.05) is 12.1 Å². The van der Waals surface area contributed by atoms with E-state index < -0.39 is 0 Å². The summed E-state index contributed by atoms with van der Waals surface area (Å²) in [6.07, 6.45) is 1.03. The van der Waals surface area contributed by atoms with Gasteiger partial charge in [-0.1, -0.05) is 19.1 Å². The zero-order valence-electron chi connectivity index (χ0n) is 7.01. The lowest BCUT2D eigenvalue weighted by atomic mass is 10.1. The Morgan fingerprint density at radius 3 is 2.58 bits per heavy atom. The first-order valence-electron chi connectivity index (χ1n) is 3.71. The number of hydrogen-bond donors (Lipinski definition) is 1. The van der Waals surface area contributed by atoms with Crippen molar-refractivity contribution >= 4 is 29.7 Å². The summed E-state index contributed by atoms with van der Waals surface area (Å²) in [6.45, 7) is 2.11. The minimum absolute atomic E-state index is 0. The molecule has 2 N–H and O–H groups in total. The zero-order valence-corrected chi connectivity index (χ0v) is 8.58. The van der Waals surface area contributed by atoms with Gasteiger partial charge in [-0.25, -0.2) is 0 Å². The van der Waals surface area contributed by atoms with E-state index in [0.29, 0.717) is 5.88 Å². The van der Waals surface area contributed by atoms with Crippen LogP contribution in [0.3, 0.4) is 0 Å². The van der Waals surface area contributed by atoms with Crippen molar-refractivity contribution in [2.75, 3.05) is 5.73 Å². The number of benzene rings is 1. The number of nitrogen functional groups attached to an aromatic ring is 1. The Hall–Kier alpha value is -0.400. The van der Waals surface area contributed by atoms with Crippen LogP contribution in [0.25, 0.3) is 0 Å². The number of nitrogens with two attached hydrogens (primary N) is 1. The van der Waals surface area contributed by atoms with Crippen molar-refractivity contribution in [3.63, 3.8) is 0 Å². The molecule has 1 rings (SSSR count). The van der Waals surface area contributed by atoms with E-state index in [1.54, 1.807) is 0 Å².